The zero-order valence-corrected chi connectivity index (χ0v) is 15.1. The second-order valence-corrected chi connectivity index (χ2v) is 6.57. The molecule has 8 heteroatoms. The molecule has 140 valence electrons. The third-order valence-electron chi connectivity index (χ3n) is 4.98. The number of nitrogens with zero attached hydrogens (tertiary/aromatic N) is 3. The number of aromatic nitrogens is 1. The van der Waals surface area contributed by atoms with E-state index in [1.54, 1.807) is 30.4 Å². The van der Waals surface area contributed by atoms with E-state index in [1.165, 1.54) is 4.90 Å². The molecule has 0 unspecified atom stereocenters. The number of carbonyl (C=O) groups excluding carboxylic acids is 3. The normalized spacial score (nSPS) is 27.1. The van der Waals surface area contributed by atoms with Gasteiger partial charge in [0.25, 0.3) is 5.91 Å². The fourth-order valence-corrected chi connectivity index (χ4v) is 3.58. The number of hydrogen-bond donors (Lipinski definition) is 1. The molecule has 0 bridgehead atoms. The van der Waals surface area contributed by atoms with Gasteiger partial charge in [-0.05, 0) is 24.5 Å². The second kappa shape index (κ2) is 7.82. The quantitative estimate of drug-likeness (QED) is 0.826. The fourth-order valence-electron chi connectivity index (χ4n) is 3.58. The number of nitrogens with one attached hydrogen (secondary N) is 1. The molecule has 0 aromatic carbocycles. The van der Waals surface area contributed by atoms with Crippen molar-refractivity contribution in [2.45, 2.75) is 38.0 Å². The smallest absolute Gasteiger partial charge is 0.254 e. The van der Waals surface area contributed by atoms with Crippen molar-refractivity contribution < 1.29 is 19.1 Å². The summed E-state index contributed by atoms with van der Waals surface area (Å²) in [4.78, 5) is 45.0. The van der Waals surface area contributed by atoms with Crippen LogP contribution in [0.2, 0.25) is 0 Å². The van der Waals surface area contributed by atoms with Crippen molar-refractivity contribution in [3.63, 3.8) is 0 Å². The van der Waals surface area contributed by atoms with Crippen LogP contribution < -0.4 is 5.32 Å². The summed E-state index contributed by atoms with van der Waals surface area (Å²) >= 11 is 0. The van der Waals surface area contributed by atoms with Gasteiger partial charge < -0.3 is 19.9 Å². The third-order valence-corrected chi connectivity index (χ3v) is 4.98. The van der Waals surface area contributed by atoms with Crippen LogP contribution >= 0.6 is 0 Å². The van der Waals surface area contributed by atoms with Gasteiger partial charge in [0.15, 0.2) is 6.10 Å². The van der Waals surface area contributed by atoms with E-state index in [2.05, 4.69) is 10.3 Å². The Hall–Kier alpha value is -2.48. The molecule has 0 spiro atoms. The molecule has 1 aromatic heterocycles. The van der Waals surface area contributed by atoms with Gasteiger partial charge in [-0.3, -0.25) is 19.4 Å². The van der Waals surface area contributed by atoms with Gasteiger partial charge in [0, 0.05) is 32.5 Å². The molecule has 2 aliphatic heterocycles. The summed E-state index contributed by atoms with van der Waals surface area (Å²) < 4.78 is 5.67. The number of carbonyl (C=O) groups is 3. The standard InChI is InChI=1S/C18H24N4O4/c1-3-13-17(24)20-8-5-9-22(13)18(25)16-15(12-6-4-7-19-10-12)21(2)14(23)11-26-16/h4,6-7,10,13,15-16H,3,5,8-9,11H2,1-2H3,(H,20,24)/t13-,15+,16-/m1/s1. The van der Waals surface area contributed by atoms with E-state index >= 15 is 0 Å². The Labute approximate surface area is 152 Å². The first kappa shape index (κ1) is 18.3. The highest BCUT2D eigenvalue weighted by atomic mass is 16.5. The van der Waals surface area contributed by atoms with Crippen LogP contribution in [0.1, 0.15) is 31.4 Å². The Bertz CT molecular complexity index is 681. The molecule has 0 radical (unpaired) electrons. The minimum atomic E-state index is -0.859. The predicted octanol–water partition coefficient (Wildman–Crippen LogP) is 0.107. The van der Waals surface area contributed by atoms with Gasteiger partial charge in [0.2, 0.25) is 11.8 Å². The Kier molecular flexibility index (Phi) is 5.51. The Morgan fingerprint density at radius 1 is 1.42 bits per heavy atom. The molecule has 2 fully saturated rings. The molecule has 8 nitrogen and oxygen atoms in total. The highest BCUT2D eigenvalue weighted by molar-refractivity contribution is 5.91. The average Bonchev–Trinajstić information content (AvgIpc) is 2.85. The number of ether oxygens (including phenoxy) is 1. The van der Waals surface area contributed by atoms with E-state index in [4.69, 9.17) is 4.74 Å². The van der Waals surface area contributed by atoms with Crippen molar-refractivity contribution in [3.05, 3.63) is 30.1 Å². The zero-order chi connectivity index (χ0) is 18.7. The highest BCUT2D eigenvalue weighted by Gasteiger charge is 2.44. The van der Waals surface area contributed by atoms with Crippen molar-refractivity contribution in [2.75, 3.05) is 26.7 Å². The molecule has 3 amide bonds. The van der Waals surface area contributed by atoms with Crippen LogP contribution in [-0.4, -0.2) is 71.4 Å². The van der Waals surface area contributed by atoms with Gasteiger partial charge in [0.05, 0.1) is 6.04 Å². The summed E-state index contributed by atoms with van der Waals surface area (Å²) in [5, 5.41) is 2.84. The monoisotopic (exact) mass is 360 g/mol. The highest BCUT2D eigenvalue weighted by Crippen LogP contribution is 2.30. The van der Waals surface area contributed by atoms with Crippen LogP contribution in [0.25, 0.3) is 0 Å². The van der Waals surface area contributed by atoms with Gasteiger partial charge >= 0.3 is 0 Å². The van der Waals surface area contributed by atoms with Crippen molar-refractivity contribution in [2.24, 2.45) is 0 Å². The molecule has 1 aromatic rings. The van der Waals surface area contributed by atoms with Crippen LogP contribution in [0.3, 0.4) is 0 Å². The summed E-state index contributed by atoms with van der Waals surface area (Å²) in [5.74, 6) is -0.595. The minimum absolute atomic E-state index is 0.142. The first-order valence-corrected chi connectivity index (χ1v) is 8.90. The average molecular weight is 360 g/mol. The zero-order valence-electron chi connectivity index (χ0n) is 15.1. The largest absolute Gasteiger partial charge is 0.356 e. The molecular weight excluding hydrogens is 336 g/mol. The molecule has 3 heterocycles. The molecule has 1 N–H and O–H groups in total. The molecule has 2 saturated heterocycles. The maximum absolute atomic E-state index is 13.3. The second-order valence-electron chi connectivity index (χ2n) is 6.57. The summed E-state index contributed by atoms with van der Waals surface area (Å²) in [5.41, 5.74) is 0.730. The lowest BCUT2D eigenvalue weighted by Gasteiger charge is -2.41. The number of likely N-dealkylation sites (N-methyl/N-ethyl adjacent to an activating group) is 1. The number of amides is 3. The van der Waals surface area contributed by atoms with Crippen molar-refractivity contribution >= 4 is 17.7 Å². The van der Waals surface area contributed by atoms with E-state index in [0.29, 0.717) is 25.9 Å². The Morgan fingerprint density at radius 3 is 2.92 bits per heavy atom. The first-order chi connectivity index (χ1) is 12.5. The number of rotatable bonds is 3. The first-order valence-electron chi connectivity index (χ1n) is 8.90. The molecule has 26 heavy (non-hydrogen) atoms. The molecule has 0 aliphatic carbocycles. The van der Waals surface area contributed by atoms with Crippen LogP contribution in [0, 0.1) is 0 Å². The number of hydrogen-bond acceptors (Lipinski definition) is 5. The van der Waals surface area contributed by atoms with Crippen LogP contribution in [-0.2, 0) is 19.1 Å². The third kappa shape index (κ3) is 3.41. The van der Waals surface area contributed by atoms with Crippen LogP contribution in [0.4, 0.5) is 0 Å². The Balaban J connectivity index is 1.92. The molecular formula is C18H24N4O4. The SMILES string of the molecule is CC[C@@H]1C(=O)NCCCN1C(=O)[C@@H]1OCC(=O)N(C)[C@H]1c1cccnc1. The molecule has 2 aliphatic rings. The lowest BCUT2D eigenvalue weighted by Crippen LogP contribution is -2.57. The lowest BCUT2D eigenvalue weighted by molar-refractivity contribution is -0.169. The van der Waals surface area contributed by atoms with E-state index < -0.39 is 18.2 Å². The number of morpholine rings is 1. The van der Waals surface area contributed by atoms with E-state index in [9.17, 15) is 14.4 Å². The van der Waals surface area contributed by atoms with Gasteiger partial charge in [-0.25, -0.2) is 0 Å². The van der Waals surface area contributed by atoms with Crippen LogP contribution in [0.15, 0.2) is 24.5 Å². The van der Waals surface area contributed by atoms with E-state index in [1.807, 2.05) is 13.0 Å². The fraction of sp³-hybridized carbons (Fsp3) is 0.556. The summed E-state index contributed by atoms with van der Waals surface area (Å²) in [6.45, 7) is 2.76. The van der Waals surface area contributed by atoms with Gasteiger partial charge in [-0.2, -0.15) is 0 Å². The maximum atomic E-state index is 13.3. The molecule has 3 rings (SSSR count). The van der Waals surface area contributed by atoms with Gasteiger partial charge in [-0.1, -0.05) is 13.0 Å². The van der Waals surface area contributed by atoms with Crippen molar-refractivity contribution in [1.82, 2.24) is 20.1 Å². The van der Waals surface area contributed by atoms with Crippen LogP contribution in [0.5, 0.6) is 0 Å². The maximum Gasteiger partial charge on any atom is 0.254 e. The van der Waals surface area contributed by atoms with Gasteiger partial charge in [0.1, 0.15) is 12.6 Å². The number of pyridine rings is 1. The summed E-state index contributed by atoms with van der Waals surface area (Å²) in [6, 6.07) is 2.49. The van der Waals surface area contributed by atoms with Gasteiger partial charge in [-0.15, -0.1) is 0 Å². The summed E-state index contributed by atoms with van der Waals surface area (Å²) in [6.07, 6.45) is 3.62. The van der Waals surface area contributed by atoms with E-state index in [0.717, 1.165) is 5.56 Å². The predicted molar refractivity (Wildman–Crippen MR) is 92.9 cm³/mol. The van der Waals surface area contributed by atoms with Crippen molar-refractivity contribution in [3.8, 4) is 0 Å². The lowest BCUT2D eigenvalue weighted by atomic mass is 9.98. The summed E-state index contributed by atoms with van der Waals surface area (Å²) in [7, 11) is 1.66. The van der Waals surface area contributed by atoms with Crippen molar-refractivity contribution in [1.29, 1.82) is 0 Å². The molecule has 0 saturated carbocycles. The topological polar surface area (TPSA) is 91.8 Å². The molecule has 3 atom stereocenters. The minimum Gasteiger partial charge on any atom is -0.356 e. The van der Waals surface area contributed by atoms with E-state index in [-0.39, 0.29) is 24.3 Å². The Morgan fingerprint density at radius 2 is 2.23 bits per heavy atom.